The van der Waals surface area contributed by atoms with Crippen LogP contribution in [0, 0.1) is 0 Å². The number of nitrogens with one attached hydrogen (secondary N) is 1. The Hall–Kier alpha value is -2.93. The fourth-order valence-corrected chi connectivity index (χ4v) is 2.86. The fraction of sp³-hybridized carbons (Fsp3) is 0.222. The summed E-state index contributed by atoms with van der Waals surface area (Å²) in [5.74, 6) is 0.699. The largest absolute Gasteiger partial charge is 0.495 e. The quantitative estimate of drug-likeness (QED) is 0.868. The van der Waals surface area contributed by atoms with Gasteiger partial charge < -0.3 is 19.5 Å². The van der Waals surface area contributed by atoms with Crippen LogP contribution in [-0.4, -0.2) is 39.2 Å². The van der Waals surface area contributed by atoms with Crippen molar-refractivity contribution in [3.05, 3.63) is 41.4 Å². The van der Waals surface area contributed by atoms with Crippen LogP contribution in [0.1, 0.15) is 0 Å². The molecule has 0 bridgehead atoms. The fourth-order valence-electron chi connectivity index (χ4n) is 2.62. The number of fused-ring (bicyclic) bond motifs is 1. The molecule has 26 heavy (non-hydrogen) atoms. The highest BCUT2D eigenvalue weighted by Crippen LogP contribution is 2.36. The van der Waals surface area contributed by atoms with Crippen molar-refractivity contribution in [2.75, 3.05) is 37.6 Å². The molecule has 1 aliphatic rings. The van der Waals surface area contributed by atoms with Crippen LogP contribution >= 0.6 is 11.6 Å². The molecule has 1 aliphatic heterocycles. The summed E-state index contributed by atoms with van der Waals surface area (Å²) in [6, 6.07) is 10.2. The maximum absolute atomic E-state index is 12.5. The molecule has 136 valence electrons. The number of nitrogens with zero attached hydrogens (tertiary/aromatic N) is 1. The van der Waals surface area contributed by atoms with Gasteiger partial charge in [0.2, 0.25) is 5.91 Å². The monoisotopic (exact) mass is 376 g/mol. The molecule has 0 aromatic heterocycles. The van der Waals surface area contributed by atoms with Gasteiger partial charge in [0, 0.05) is 6.07 Å². The number of benzene rings is 2. The molecular formula is C18H17ClN2O5. The summed E-state index contributed by atoms with van der Waals surface area (Å²) in [5, 5.41) is 3.04. The number of hydrogen-bond donors (Lipinski definition) is 1. The molecule has 7 nitrogen and oxygen atoms in total. The van der Waals surface area contributed by atoms with Gasteiger partial charge in [-0.1, -0.05) is 23.7 Å². The van der Waals surface area contributed by atoms with Gasteiger partial charge in [-0.05, 0) is 18.2 Å². The first-order valence-electron chi connectivity index (χ1n) is 7.77. The van der Waals surface area contributed by atoms with Crippen molar-refractivity contribution < 1.29 is 23.8 Å². The number of carbonyl (C=O) groups excluding carboxylic acids is 2. The Morgan fingerprint density at radius 2 is 1.96 bits per heavy atom. The molecule has 0 spiro atoms. The molecule has 0 fully saturated rings. The Labute approximate surface area is 155 Å². The van der Waals surface area contributed by atoms with Crippen molar-refractivity contribution in [1.29, 1.82) is 0 Å². The zero-order valence-corrected chi connectivity index (χ0v) is 15.0. The molecule has 1 heterocycles. The molecule has 2 aromatic carbocycles. The summed E-state index contributed by atoms with van der Waals surface area (Å²) in [6.45, 7) is -0.270. The molecule has 0 aliphatic carbocycles. The third kappa shape index (κ3) is 3.52. The summed E-state index contributed by atoms with van der Waals surface area (Å²) in [7, 11) is 2.96. The SMILES string of the molecule is COc1cc(OC)c(NC(=O)CN2C(=O)COc3ccccc32)cc1Cl. The molecule has 2 amide bonds. The number of carbonyl (C=O) groups is 2. The molecule has 0 unspecified atom stereocenters. The van der Waals surface area contributed by atoms with Crippen molar-refractivity contribution in [2.24, 2.45) is 0 Å². The average Bonchev–Trinajstić information content (AvgIpc) is 2.64. The average molecular weight is 377 g/mol. The zero-order valence-electron chi connectivity index (χ0n) is 14.2. The van der Waals surface area contributed by atoms with Crippen LogP contribution in [0.4, 0.5) is 11.4 Å². The smallest absolute Gasteiger partial charge is 0.265 e. The zero-order chi connectivity index (χ0) is 18.7. The van der Waals surface area contributed by atoms with E-state index in [-0.39, 0.29) is 19.1 Å². The Morgan fingerprint density at radius 3 is 2.69 bits per heavy atom. The van der Waals surface area contributed by atoms with E-state index in [0.29, 0.717) is 33.6 Å². The molecule has 0 saturated carbocycles. The van der Waals surface area contributed by atoms with Crippen molar-refractivity contribution in [3.63, 3.8) is 0 Å². The van der Waals surface area contributed by atoms with Crippen molar-refractivity contribution in [2.45, 2.75) is 0 Å². The lowest BCUT2D eigenvalue weighted by molar-refractivity contribution is -0.123. The topological polar surface area (TPSA) is 77.1 Å². The van der Waals surface area contributed by atoms with Crippen LogP contribution in [0.15, 0.2) is 36.4 Å². The maximum atomic E-state index is 12.5. The number of ether oxygens (including phenoxy) is 3. The lowest BCUT2D eigenvalue weighted by Crippen LogP contribution is -2.43. The van der Waals surface area contributed by atoms with E-state index in [1.807, 2.05) is 0 Å². The van der Waals surface area contributed by atoms with Gasteiger partial charge in [0.05, 0.1) is 30.6 Å². The normalized spacial score (nSPS) is 12.9. The first kappa shape index (κ1) is 17.9. The summed E-state index contributed by atoms with van der Waals surface area (Å²) in [6.07, 6.45) is 0. The van der Waals surface area contributed by atoms with Crippen molar-refractivity contribution in [1.82, 2.24) is 0 Å². The van der Waals surface area contributed by atoms with Crippen molar-refractivity contribution >= 4 is 34.8 Å². The highest BCUT2D eigenvalue weighted by Gasteiger charge is 2.27. The summed E-state index contributed by atoms with van der Waals surface area (Å²) >= 11 is 6.11. The van der Waals surface area contributed by atoms with Gasteiger partial charge in [-0.15, -0.1) is 0 Å². The number of methoxy groups -OCH3 is 2. The lowest BCUT2D eigenvalue weighted by atomic mass is 10.2. The number of anilines is 2. The minimum absolute atomic E-state index is 0.109. The Balaban J connectivity index is 1.80. The van der Waals surface area contributed by atoms with E-state index in [2.05, 4.69) is 5.32 Å². The van der Waals surface area contributed by atoms with Gasteiger partial charge in [0.25, 0.3) is 5.91 Å². The van der Waals surface area contributed by atoms with Gasteiger partial charge in [-0.3, -0.25) is 14.5 Å². The predicted octanol–water partition coefficient (Wildman–Crippen LogP) is 2.72. The lowest BCUT2D eigenvalue weighted by Gasteiger charge is -2.28. The van der Waals surface area contributed by atoms with E-state index in [1.54, 1.807) is 30.3 Å². The highest BCUT2D eigenvalue weighted by atomic mass is 35.5. The van der Waals surface area contributed by atoms with Gasteiger partial charge >= 0.3 is 0 Å². The van der Waals surface area contributed by atoms with E-state index >= 15 is 0 Å². The minimum atomic E-state index is -0.394. The second-order valence-electron chi connectivity index (χ2n) is 5.47. The standard InChI is InChI=1S/C18H17ClN2O5/c1-24-15-8-16(25-2)12(7-11(15)19)20-17(22)9-21-13-5-3-4-6-14(13)26-10-18(21)23/h3-8H,9-10H2,1-2H3,(H,20,22). The summed E-state index contributed by atoms with van der Waals surface area (Å²) in [4.78, 5) is 26.0. The molecular weight excluding hydrogens is 360 g/mol. The third-order valence-electron chi connectivity index (χ3n) is 3.86. The van der Waals surface area contributed by atoms with Gasteiger partial charge in [0.1, 0.15) is 23.8 Å². The summed E-state index contributed by atoms with van der Waals surface area (Å²) < 4.78 is 15.8. The van der Waals surface area contributed by atoms with Crippen LogP contribution in [0.5, 0.6) is 17.2 Å². The molecule has 8 heteroatoms. The Morgan fingerprint density at radius 1 is 1.23 bits per heavy atom. The number of rotatable bonds is 5. The van der Waals surface area contributed by atoms with Gasteiger partial charge in [0.15, 0.2) is 6.61 Å². The first-order chi connectivity index (χ1) is 12.5. The minimum Gasteiger partial charge on any atom is -0.495 e. The molecule has 0 atom stereocenters. The third-order valence-corrected chi connectivity index (χ3v) is 4.15. The molecule has 1 N–H and O–H groups in total. The Kier molecular flexibility index (Phi) is 5.18. The van der Waals surface area contributed by atoms with E-state index in [4.69, 9.17) is 25.8 Å². The van der Waals surface area contributed by atoms with Crippen LogP contribution in [0.25, 0.3) is 0 Å². The highest BCUT2D eigenvalue weighted by molar-refractivity contribution is 6.32. The molecule has 2 aromatic rings. The van der Waals surface area contributed by atoms with E-state index in [9.17, 15) is 9.59 Å². The van der Waals surface area contributed by atoms with Gasteiger partial charge in [-0.2, -0.15) is 0 Å². The number of amides is 2. The molecule has 0 saturated heterocycles. The number of hydrogen-bond acceptors (Lipinski definition) is 5. The molecule has 0 radical (unpaired) electrons. The maximum Gasteiger partial charge on any atom is 0.265 e. The van der Waals surface area contributed by atoms with Crippen molar-refractivity contribution in [3.8, 4) is 17.2 Å². The Bertz CT molecular complexity index is 855. The van der Waals surface area contributed by atoms with E-state index in [1.165, 1.54) is 25.2 Å². The second-order valence-corrected chi connectivity index (χ2v) is 5.88. The summed E-state index contributed by atoms with van der Waals surface area (Å²) in [5.41, 5.74) is 0.941. The second kappa shape index (κ2) is 7.53. The van der Waals surface area contributed by atoms with Crippen LogP contribution < -0.4 is 24.4 Å². The molecule has 3 rings (SSSR count). The van der Waals surface area contributed by atoms with Gasteiger partial charge in [-0.25, -0.2) is 0 Å². The number of halogens is 1. The van der Waals surface area contributed by atoms with E-state index < -0.39 is 5.91 Å². The number of para-hydroxylation sites is 2. The first-order valence-corrected chi connectivity index (χ1v) is 8.15. The van der Waals surface area contributed by atoms with E-state index in [0.717, 1.165) is 0 Å². The van der Waals surface area contributed by atoms with Crippen LogP contribution in [0.3, 0.4) is 0 Å². The van der Waals surface area contributed by atoms with Crippen LogP contribution in [-0.2, 0) is 9.59 Å². The van der Waals surface area contributed by atoms with Crippen LogP contribution in [0.2, 0.25) is 5.02 Å². The predicted molar refractivity (Wildman–Crippen MR) is 97.5 cm³/mol.